The van der Waals surface area contributed by atoms with Crippen LogP contribution in [-0.4, -0.2) is 31.4 Å². The van der Waals surface area contributed by atoms with E-state index in [4.69, 9.17) is 16.0 Å². The Morgan fingerprint density at radius 2 is 1.94 bits per heavy atom. The van der Waals surface area contributed by atoms with E-state index in [1.165, 1.54) is 23.1 Å². The molecule has 0 saturated heterocycles. The van der Waals surface area contributed by atoms with Gasteiger partial charge in [-0.2, -0.15) is 0 Å². The molecule has 0 spiro atoms. The number of furan rings is 1. The molecule has 0 aliphatic rings. The van der Waals surface area contributed by atoms with Crippen LogP contribution < -0.4 is 5.32 Å². The fourth-order valence-electron chi connectivity index (χ4n) is 3.26. The molecular weight excluding hydrogens is 490 g/mol. The zero-order valence-electron chi connectivity index (χ0n) is 17.9. The minimum absolute atomic E-state index is 0.142. The highest BCUT2D eigenvalue weighted by Gasteiger charge is 2.19. The van der Waals surface area contributed by atoms with Gasteiger partial charge in [0.05, 0.1) is 17.7 Å². The number of carbonyl (C=O) groups is 1. The number of halogens is 1. The number of thiazole rings is 1. The molecule has 170 valence electrons. The summed E-state index contributed by atoms with van der Waals surface area (Å²) < 4.78 is 7.43. The first kappa shape index (κ1) is 22.4. The number of amides is 1. The molecule has 0 saturated carbocycles. The van der Waals surface area contributed by atoms with Gasteiger partial charge in [-0.1, -0.05) is 59.3 Å². The average molecular weight is 508 g/mol. The Balaban J connectivity index is 1.32. The third-order valence-electron chi connectivity index (χ3n) is 4.90. The summed E-state index contributed by atoms with van der Waals surface area (Å²) in [5.74, 6) is 1.12. The maximum atomic E-state index is 12.7. The lowest BCUT2D eigenvalue weighted by Crippen LogP contribution is -2.14. The zero-order chi connectivity index (χ0) is 23.5. The van der Waals surface area contributed by atoms with Crippen molar-refractivity contribution in [3.05, 3.63) is 82.9 Å². The minimum atomic E-state index is -0.192. The van der Waals surface area contributed by atoms with Gasteiger partial charge in [0.15, 0.2) is 16.0 Å². The zero-order valence-corrected chi connectivity index (χ0v) is 20.3. The SMILES string of the molecule is Cc1ccc(-n2c(SCC(=O)Nc3nc(-c4ccccc4Cl)cs3)nnc2-c2ccco2)cc1. The molecule has 10 heteroatoms. The second-order valence-electron chi connectivity index (χ2n) is 7.31. The van der Waals surface area contributed by atoms with Gasteiger partial charge in [0.1, 0.15) is 0 Å². The van der Waals surface area contributed by atoms with Crippen LogP contribution in [0, 0.1) is 6.92 Å². The smallest absolute Gasteiger partial charge is 0.236 e. The maximum Gasteiger partial charge on any atom is 0.236 e. The molecule has 5 rings (SSSR count). The fraction of sp³-hybridized carbons (Fsp3) is 0.0833. The molecule has 0 aliphatic carbocycles. The van der Waals surface area contributed by atoms with E-state index in [-0.39, 0.29) is 11.7 Å². The van der Waals surface area contributed by atoms with Gasteiger partial charge in [0, 0.05) is 21.7 Å². The molecule has 34 heavy (non-hydrogen) atoms. The van der Waals surface area contributed by atoms with E-state index in [2.05, 4.69) is 20.5 Å². The predicted molar refractivity (Wildman–Crippen MR) is 136 cm³/mol. The van der Waals surface area contributed by atoms with Crippen LogP contribution in [0.25, 0.3) is 28.5 Å². The van der Waals surface area contributed by atoms with Crippen LogP contribution in [0.1, 0.15) is 5.56 Å². The van der Waals surface area contributed by atoms with Crippen molar-refractivity contribution in [2.24, 2.45) is 0 Å². The van der Waals surface area contributed by atoms with Crippen molar-refractivity contribution >= 4 is 45.7 Å². The van der Waals surface area contributed by atoms with Gasteiger partial charge in [-0.15, -0.1) is 21.5 Å². The maximum absolute atomic E-state index is 12.7. The molecule has 0 aliphatic heterocycles. The third kappa shape index (κ3) is 4.77. The van der Waals surface area contributed by atoms with Gasteiger partial charge in [-0.3, -0.25) is 9.36 Å². The topological polar surface area (TPSA) is 85.8 Å². The van der Waals surface area contributed by atoms with Crippen LogP contribution in [0.2, 0.25) is 5.02 Å². The van der Waals surface area contributed by atoms with Crippen LogP contribution in [0.5, 0.6) is 0 Å². The summed E-state index contributed by atoms with van der Waals surface area (Å²) in [5.41, 5.74) is 3.58. The Morgan fingerprint density at radius 1 is 1.12 bits per heavy atom. The molecule has 0 unspecified atom stereocenters. The number of hydrogen-bond donors (Lipinski definition) is 1. The molecule has 0 bridgehead atoms. The third-order valence-corrected chi connectivity index (χ3v) is 6.92. The summed E-state index contributed by atoms with van der Waals surface area (Å²) in [6.45, 7) is 2.03. The molecule has 7 nitrogen and oxygen atoms in total. The first-order valence-electron chi connectivity index (χ1n) is 10.3. The minimum Gasteiger partial charge on any atom is -0.461 e. The molecule has 0 radical (unpaired) electrons. The number of nitrogens with one attached hydrogen (secondary N) is 1. The van der Waals surface area contributed by atoms with Crippen molar-refractivity contribution < 1.29 is 9.21 Å². The van der Waals surface area contributed by atoms with Crippen molar-refractivity contribution in [1.29, 1.82) is 0 Å². The van der Waals surface area contributed by atoms with E-state index >= 15 is 0 Å². The van der Waals surface area contributed by atoms with E-state index < -0.39 is 0 Å². The number of thioether (sulfide) groups is 1. The van der Waals surface area contributed by atoms with Crippen molar-refractivity contribution in [1.82, 2.24) is 19.7 Å². The number of anilines is 1. The van der Waals surface area contributed by atoms with Crippen LogP contribution in [0.15, 0.2) is 81.9 Å². The molecular formula is C24H18ClN5O2S2. The molecule has 5 aromatic rings. The highest BCUT2D eigenvalue weighted by atomic mass is 35.5. The lowest BCUT2D eigenvalue weighted by Gasteiger charge is -2.09. The number of aromatic nitrogens is 4. The Hall–Kier alpha value is -3.40. The summed E-state index contributed by atoms with van der Waals surface area (Å²) in [5, 5.41) is 15.1. The number of carbonyl (C=O) groups excluding carboxylic acids is 1. The van der Waals surface area contributed by atoms with Crippen molar-refractivity contribution in [2.75, 3.05) is 11.1 Å². The van der Waals surface area contributed by atoms with E-state index in [0.717, 1.165) is 22.5 Å². The van der Waals surface area contributed by atoms with Crippen molar-refractivity contribution in [3.8, 4) is 28.5 Å². The first-order chi connectivity index (χ1) is 16.6. The monoisotopic (exact) mass is 507 g/mol. The molecule has 0 atom stereocenters. The molecule has 0 fully saturated rings. The largest absolute Gasteiger partial charge is 0.461 e. The Labute approximate surface area is 208 Å². The number of aryl methyl sites for hydroxylation is 1. The van der Waals surface area contributed by atoms with Gasteiger partial charge in [0.2, 0.25) is 11.7 Å². The lowest BCUT2D eigenvalue weighted by atomic mass is 10.2. The van der Waals surface area contributed by atoms with Gasteiger partial charge < -0.3 is 9.73 Å². The van der Waals surface area contributed by atoms with Crippen LogP contribution in [-0.2, 0) is 4.79 Å². The summed E-state index contributed by atoms with van der Waals surface area (Å²) in [4.78, 5) is 17.2. The van der Waals surface area contributed by atoms with Gasteiger partial charge in [-0.25, -0.2) is 4.98 Å². The fourth-order valence-corrected chi connectivity index (χ4v) is 4.98. The predicted octanol–water partition coefficient (Wildman–Crippen LogP) is 6.34. The molecule has 3 heterocycles. The highest BCUT2D eigenvalue weighted by Crippen LogP contribution is 2.31. The molecule has 1 N–H and O–H groups in total. The number of rotatable bonds is 7. The summed E-state index contributed by atoms with van der Waals surface area (Å²) in [7, 11) is 0. The van der Waals surface area contributed by atoms with E-state index in [9.17, 15) is 4.79 Å². The average Bonchev–Trinajstić information content (AvgIpc) is 3.59. The second kappa shape index (κ2) is 9.84. The second-order valence-corrected chi connectivity index (χ2v) is 9.52. The van der Waals surface area contributed by atoms with E-state index in [0.29, 0.717) is 26.9 Å². The number of hydrogen-bond acceptors (Lipinski definition) is 7. The highest BCUT2D eigenvalue weighted by molar-refractivity contribution is 7.99. The van der Waals surface area contributed by atoms with Crippen LogP contribution >= 0.6 is 34.7 Å². The molecule has 3 aromatic heterocycles. The van der Waals surface area contributed by atoms with Crippen molar-refractivity contribution in [2.45, 2.75) is 12.1 Å². The first-order valence-corrected chi connectivity index (χ1v) is 12.5. The Kier molecular flexibility index (Phi) is 6.48. The van der Waals surface area contributed by atoms with Crippen LogP contribution in [0.3, 0.4) is 0 Å². The van der Waals surface area contributed by atoms with E-state index in [1.54, 1.807) is 12.3 Å². The van der Waals surface area contributed by atoms with Crippen molar-refractivity contribution in [3.63, 3.8) is 0 Å². The summed E-state index contributed by atoms with van der Waals surface area (Å²) in [6.07, 6.45) is 1.59. The van der Waals surface area contributed by atoms with Crippen LogP contribution in [0.4, 0.5) is 5.13 Å². The summed E-state index contributed by atoms with van der Waals surface area (Å²) in [6, 6.07) is 19.1. The molecule has 2 aromatic carbocycles. The Bertz CT molecular complexity index is 1430. The normalized spacial score (nSPS) is 11.0. The number of benzene rings is 2. The Morgan fingerprint density at radius 3 is 2.71 bits per heavy atom. The van der Waals surface area contributed by atoms with Gasteiger partial charge in [0.25, 0.3) is 0 Å². The van der Waals surface area contributed by atoms with Gasteiger partial charge in [-0.05, 0) is 37.3 Å². The quantitative estimate of drug-likeness (QED) is 0.258. The number of nitrogens with zero attached hydrogens (tertiary/aromatic N) is 4. The summed E-state index contributed by atoms with van der Waals surface area (Å²) >= 11 is 8.90. The molecule has 1 amide bonds. The standard InChI is InChI=1S/C24H18ClN5O2S2/c1-15-8-10-16(11-9-15)30-22(20-7-4-12-32-20)28-29-24(30)34-14-21(31)27-23-26-19(13-33-23)17-5-2-3-6-18(17)25/h2-13H,14H2,1H3,(H,26,27,31). The van der Waals surface area contributed by atoms with Gasteiger partial charge >= 0.3 is 0 Å². The lowest BCUT2D eigenvalue weighted by molar-refractivity contribution is -0.113. The van der Waals surface area contributed by atoms with E-state index in [1.807, 2.05) is 71.5 Å².